The van der Waals surface area contributed by atoms with Crippen LogP contribution in [0.1, 0.15) is 5.56 Å². The smallest absolute Gasteiger partial charge is 0.0763 e. The summed E-state index contributed by atoms with van der Waals surface area (Å²) >= 11 is 3.31. The molecule has 1 aliphatic rings. The molecule has 0 saturated carbocycles. The van der Waals surface area contributed by atoms with Crippen LogP contribution in [0.4, 0.5) is 0 Å². The van der Waals surface area contributed by atoms with Gasteiger partial charge in [-0.1, -0.05) is 46.3 Å². The van der Waals surface area contributed by atoms with Crippen LogP contribution >= 0.6 is 15.9 Å². The van der Waals surface area contributed by atoms with Crippen LogP contribution in [0.2, 0.25) is 0 Å². The van der Waals surface area contributed by atoms with Crippen molar-refractivity contribution in [2.75, 3.05) is 38.1 Å². The summed E-state index contributed by atoms with van der Waals surface area (Å²) in [5.74, 6) is 0. The molecule has 1 N–H and O–H groups in total. The average molecular weight is 313 g/mol. The Morgan fingerprint density at radius 2 is 1.67 bits per heavy atom. The molecule has 0 spiro atoms. The van der Waals surface area contributed by atoms with E-state index in [4.69, 9.17) is 0 Å². The summed E-state index contributed by atoms with van der Waals surface area (Å²) in [4.78, 5) is 4.82. The minimum atomic E-state index is -0.245. The number of β-amino-alcohol motifs (C(OH)–C–C–N with tert-alkyl or cyclic N) is 1. The van der Waals surface area contributed by atoms with Crippen molar-refractivity contribution in [3.05, 3.63) is 35.9 Å². The number of benzene rings is 1. The summed E-state index contributed by atoms with van der Waals surface area (Å²) < 4.78 is 0. The van der Waals surface area contributed by atoms with Gasteiger partial charge < -0.3 is 5.11 Å². The number of hydrogen-bond donors (Lipinski definition) is 1. The molecule has 0 bridgehead atoms. The lowest BCUT2D eigenvalue weighted by Gasteiger charge is -2.35. The van der Waals surface area contributed by atoms with Gasteiger partial charge in [-0.25, -0.2) is 0 Å². The fourth-order valence-corrected chi connectivity index (χ4v) is 2.52. The Morgan fingerprint density at radius 1 is 1.06 bits per heavy atom. The number of nitrogens with zero attached hydrogens (tertiary/aromatic N) is 2. The molecule has 18 heavy (non-hydrogen) atoms. The first-order valence-electron chi connectivity index (χ1n) is 6.50. The molecule has 1 saturated heterocycles. The first kappa shape index (κ1) is 14.0. The highest BCUT2D eigenvalue weighted by Crippen LogP contribution is 2.09. The average Bonchev–Trinajstić information content (AvgIpc) is 2.42. The zero-order chi connectivity index (χ0) is 12.8. The number of rotatable bonds is 5. The van der Waals surface area contributed by atoms with Crippen molar-refractivity contribution in [2.45, 2.75) is 12.6 Å². The number of alkyl halides is 1. The summed E-state index contributed by atoms with van der Waals surface area (Å²) in [7, 11) is 0. The van der Waals surface area contributed by atoms with Gasteiger partial charge in [0, 0.05) is 44.6 Å². The first-order chi connectivity index (χ1) is 8.78. The van der Waals surface area contributed by atoms with Gasteiger partial charge in [-0.15, -0.1) is 0 Å². The second-order valence-corrected chi connectivity index (χ2v) is 5.52. The van der Waals surface area contributed by atoms with Gasteiger partial charge in [0.15, 0.2) is 0 Å². The van der Waals surface area contributed by atoms with Crippen LogP contribution in [-0.4, -0.2) is 59.1 Å². The standard InChI is InChI=1S/C14H21BrN2O/c15-10-14(18)12-17-8-6-16(7-9-17)11-13-4-2-1-3-5-13/h1-5,14,18H,6-12H2. The molecule has 0 aliphatic carbocycles. The van der Waals surface area contributed by atoms with Crippen LogP contribution in [0, 0.1) is 0 Å². The predicted octanol–water partition coefficient (Wildman–Crippen LogP) is 1.56. The Morgan fingerprint density at radius 3 is 2.28 bits per heavy atom. The van der Waals surface area contributed by atoms with Crippen molar-refractivity contribution in [3.8, 4) is 0 Å². The van der Waals surface area contributed by atoms with Crippen LogP contribution in [0.15, 0.2) is 30.3 Å². The predicted molar refractivity (Wildman–Crippen MR) is 78.0 cm³/mol. The zero-order valence-corrected chi connectivity index (χ0v) is 12.2. The van der Waals surface area contributed by atoms with Crippen LogP contribution in [0.25, 0.3) is 0 Å². The topological polar surface area (TPSA) is 26.7 Å². The van der Waals surface area contributed by atoms with E-state index in [-0.39, 0.29) is 6.10 Å². The van der Waals surface area contributed by atoms with Gasteiger partial charge in [-0.3, -0.25) is 9.80 Å². The molecule has 1 aromatic carbocycles. The van der Waals surface area contributed by atoms with E-state index in [1.807, 2.05) is 0 Å². The van der Waals surface area contributed by atoms with E-state index < -0.39 is 0 Å². The maximum absolute atomic E-state index is 9.61. The third kappa shape index (κ3) is 4.35. The highest BCUT2D eigenvalue weighted by molar-refractivity contribution is 9.09. The first-order valence-corrected chi connectivity index (χ1v) is 7.63. The van der Waals surface area contributed by atoms with Crippen molar-refractivity contribution in [2.24, 2.45) is 0 Å². The normalized spacial score (nSPS) is 19.9. The highest BCUT2D eigenvalue weighted by atomic mass is 79.9. The van der Waals surface area contributed by atoms with Crippen molar-refractivity contribution in [1.29, 1.82) is 0 Å². The van der Waals surface area contributed by atoms with E-state index in [1.165, 1.54) is 5.56 Å². The van der Waals surface area contributed by atoms with Crippen molar-refractivity contribution >= 4 is 15.9 Å². The van der Waals surface area contributed by atoms with Crippen LogP contribution < -0.4 is 0 Å². The fraction of sp³-hybridized carbons (Fsp3) is 0.571. The number of aliphatic hydroxyl groups excluding tert-OH is 1. The monoisotopic (exact) mass is 312 g/mol. The number of halogens is 1. The molecule has 0 amide bonds. The van der Waals surface area contributed by atoms with Gasteiger partial charge >= 0.3 is 0 Å². The molecule has 1 heterocycles. The quantitative estimate of drug-likeness (QED) is 0.836. The maximum Gasteiger partial charge on any atom is 0.0763 e. The lowest BCUT2D eigenvalue weighted by atomic mass is 10.2. The molecule has 1 aromatic rings. The van der Waals surface area contributed by atoms with Gasteiger partial charge in [-0.05, 0) is 5.56 Å². The summed E-state index contributed by atoms with van der Waals surface area (Å²) in [6, 6.07) is 10.6. The van der Waals surface area contributed by atoms with Gasteiger partial charge in [0.05, 0.1) is 6.10 Å². The summed E-state index contributed by atoms with van der Waals surface area (Å²) in [6.45, 7) is 6.10. The Bertz CT molecular complexity index is 339. The van der Waals surface area contributed by atoms with Gasteiger partial charge in [0.1, 0.15) is 0 Å². The number of hydrogen-bond acceptors (Lipinski definition) is 3. The second-order valence-electron chi connectivity index (χ2n) is 4.87. The third-order valence-corrected chi connectivity index (χ3v) is 4.11. The molecule has 3 nitrogen and oxygen atoms in total. The highest BCUT2D eigenvalue weighted by Gasteiger charge is 2.18. The van der Waals surface area contributed by atoms with Gasteiger partial charge in [0.2, 0.25) is 0 Å². The number of aliphatic hydroxyl groups is 1. The van der Waals surface area contributed by atoms with Crippen molar-refractivity contribution in [1.82, 2.24) is 9.80 Å². The van der Waals surface area contributed by atoms with Crippen molar-refractivity contribution < 1.29 is 5.11 Å². The van der Waals surface area contributed by atoms with E-state index in [2.05, 4.69) is 56.1 Å². The summed E-state index contributed by atoms with van der Waals surface area (Å²) in [5, 5.41) is 10.3. The van der Waals surface area contributed by atoms with E-state index >= 15 is 0 Å². The Kier molecular flexibility index (Phi) is 5.63. The maximum atomic E-state index is 9.61. The second kappa shape index (κ2) is 7.24. The summed E-state index contributed by atoms with van der Waals surface area (Å²) in [5.41, 5.74) is 1.38. The Hall–Kier alpha value is -0.420. The van der Waals surface area contributed by atoms with Crippen LogP contribution in [0.5, 0.6) is 0 Å². The van der Waals surface area contributed by atoms with E-state index in [1.54, 1.807) is 0 Å². The van der Waals surface area contributed by atoms with Crippen molar-refractivity contribution in [3.63, 3.8) is 0 Å². The van der Waals surface area contributed by atoms with Crippen LogP contribution in [-0.2, 0) is 6.54 Å². The zero-order valence-electron chi connectivity index (χ0n) is 10.6. The van der Waals surface area contributed by atoms with E-state index in [0.717, 1.165) is 39.3 Å². The Balaban J connectivity index is 1.73. The van der Waals surface area contributed by atoms with E-state index in [9.17, 15) is 5.11 Å². The third-order valence-electron chi connectivity index (χ3n) is 3.36. The summed E-state index contributed by atoms with van der Waals surface area (Å²) in [6.07, 6.45) is -0.245. The molecule has 4 heteroatoms. The molecule has 0 aromatic heterocycles. The molecule has 1 unspecified atom stereocenters. The van der Waals surface area contributed by atoms with E-state index in [0.29, 0.717) is 5.33 Å². The lowest BCUT2D eigenvalue weighted by molar-refractivity contribution is 0.0803. The lowest BCUT2D eigenvalue weighted by Crippen LogP contribution is -2.48. The largest absolute Gasteiger partial charge is 0.391 e. The molecular weight excluding hydrogens is 292 g/mol. The SMILES string of the molecule is OC(CBr)CN1CCN(Cc2ccccc2)CC1. The molecule has 0 radical (unpaired) electrons. The molecular formula is C14H21BrN2O. The van der Waals surface area contributed by atoms with Gasteiger partial charge in [0.25, 0.3) is 0 Å². The van der Waals surface area contributed by atoms with Gasteiger partial charge in [-0.2, -0.15) is 0 Å². The molecule has 2 rings (SSSR count). The molecule has 1 atom stereocenters. The number of piperazine rings is 1. The molecule has 1 aliphatic heterocycles. The minimum Gasteiger partial charge on any atom is -0.391 e. The fourth-order valence-electron chi connectivity index (χ4n) is 2.32. The Labute approximate surface area is 118 Å². The van der Waals surface area contributed by atoms with Crippen LogP contribution in [0.3, 0.4) is 0 Å². The molecule has 1 fully saturated rings. The molecule has 100 valence electrons. The minimum absolute atomic E-state index is 0.245.